The number of rotatable bonds is 3. The van der Waals surface area contributed by atoms with E-state index in [4.69, 9.17) is 26.8 Å². The molecule has 0 amide bonds. The molecule has 1 spiro atoms. The topological polar surface area (TPSA) is 44.5 Å². The zero-order valence-corrected chi connectivity index (χ0v) is 13.9. The highest BCUT2D eigenvalue weighted by molar-refractivity contribution is 7.99. The van der Waals surface area contributed by atoms with E-state index in [2.05, 4.69) is 0 Å². The largest absolute Gasteiger partial charge is 0.489 e. The fraction of sp³-hybridized carbons (Fsp3) is 0.625. The van der Waals surface area contributed by atoms with Crippen molar-refractivity contribution in [1.29, 1.82) is 0 Å². The first-order valence-electron chi connectivity index (χ1n) is 7.51. The molecule has 0 aromatic heterocycles. The monoisotopic (exact) mass is 327 g/mol. The molecule has 3 rings (SSSR count). The van der Waals surface area contributed by atoms with Gasteiger partial charge in [0.1, 0.15) is 11.9 Å². The molecule has 3 nitrogen and oxygen atoms in total. The molecule has 2 aliphatic rings. The van der Waals surface area contributed by atoms with Gasteiger partial charge in [-0.1, -0.05) is 17.7 Å². The molecule has 2 heterocycles. The summed E-state index contributed by atoms with van der Waals surface area (Å²) in [5.41, 5.74) is 6.94. The maximum Gasteiger partial charge on any atom is 0.138 e. The minimum atomic E-state index is -0.0154. The van der Waals surface area contributed by atoms with Gasteiger partial charge in [-0.2, -0.15) is 11.8 Å². The summed E-state index contributed by atoms with van der Waals surface area (Å²) in [5.74, 6) is 3.04. The molecule has 1 aromatic carbocycles. The van der Waals surface area contributed by atoms with Crippen molar-refractivity contribution in [3.05, 3.63) is 28.8 Å². The van der Waals surface area contributed by atoms with Gasteiger partial charge in [-0.3, -0.25) is 0 Å². The number of halogens is 1. The van der Waals surface area contributed by atoms with Crippen LogP contribution in [0.5, 0.6) is 5.75 Å². The van der Waals surface area contributed by atoms with Crippen LogP contribution < -0.4 is 10.5 Å². The average molecular weight is 328 g/mol. The third-order valence-corrected chi connectivity index (χ3v) is 5.81. The van der Waals surface area contributed by atoms with Gasteiger partial charge in [-0.05, 0) is 36.8 Å². The molecule has 0 radical (unpaired) electrons. The van der Waals surface area contributed by atoms with Crippen molar-refractivity contribution in [2.24, 2.45) is 5.73 Å². The van der Waals surface area contributed by atoms with Crippen LogP contribution in [0.1, 0.15) is 37.8 Å². The van der Waals surface area contributed by atoms with E-state index in [0.717, 1.165) is 42.9 Å². The van der Waals surface area contributed by atoms with Crippen LogP contribution in [0.3, 0.4) is 0 Å². The predicted molar refractivity (Wildman–Crippen MR) is 88.3 cm³/mol. The molecule has 0 bridgehead atoms. The summed E-state index contributed by atoms with van der Waals surface area (Å²) in [7, 11) is 0. The second-order valence-electron chi connectivity index (χ2n) is 6.05. The number of benzene rings is 1. The average Bonchev–Trinajstić information content (AvgIpc) is 2.89. The predicted octanol–water partition coefficient (Wildman–Crippen LogP) is 3.79. The van der Waals surface area contributed by atoms with Gasteiger partial charge in [0.2, 0.25) is 0 Å². The van der Waals surface area contributed by atoms with Crippen molar-refractivity contribution in [2.45, 2.75) is 43.9 Å². The number of hydrogen-bond acceptors (Lipinski definition) is 4. The van der Waals surface area contributed by atoms with Gasteiger partial charge < -0.3 is 15.2 Å². The molecule has 21 heavy (non-hydrogen) atoms. The van der Waals surface area contributed by atoms with Crippen LogP contribution in [-0.2, 0) is 4.74 Å². The standard InChI is InChI=1S/C16H22ClNO2S/c1-11(18)12-2-3-15(14(17)8-12)20-13-4-6-19-16(9-13)5-7-21-10-16/h2-3,8,11,13H,4-7,9-10,18H2,1H3. The second-order valence-corrected chi connectivity index (χ2v) is 7.56. The van der Waals surface area contributed by atoms with E-state index >= 15 is 0 Å². The Morgan fingerprint density at radius 3 is 3.05 bits per heavy atom. The summed E-state index contributed by atoms with van der Waals surface area (Å²) in [6.07, 6.45) is 3.22. The quantitative estimate of drug-likeness (QED) is 0.917. The lowest BCUT2D eigenvalue weighted by atomic mass is 9.91. The minimum absolute atomic E-state index is 0.0154. The Kier molecular flexibility index (Phi) is 4.69. The van der Waals surface area contributed by atoms with Crippen LogP contribution in [0, 0.1) is 0 Å². The third-order valence-electron chi connectivity index (χ3n) is 4.29. The van der Waals surface area contributed by atoms with Gasteiger partial charge >= 0.3 is 0 Å². The van der Waals surface area contributed by atoms with Gasteiger partial charge in [0.15, 0.2) is 0 Å². The smallest absolute Gasteiger partial charge is 0.138 e. The summed E-state index contributed by atoms with van der Waals surface area (Å²) in [5, 5.41) is 0.645. The molecule has 0 saturated carbocycles. The Morgan fingerprint density at radius 1 is 1.52 bits per heavy atom. The van der Waals surface area contributed by atoms with E-state index in [1.54, 1.807) is 0 Å². The fourth-order valence-corrected chi connectivity index (χ4v) is 4.63. The lowest BCUT2D eigenvalue weighted by Gasteiger charge is -2.37. The van der Waals surface area contributed by atoms with Crippen LogP contribution in [0.15, 0.2) is 18.2 Å². The van der Waals surface area contributed by atoms with Crippen LogP contribution in [-0.4, -0.2) is 29.8 Å². The van der Waals surface area contributed by atoms with E-state index < -0.39 is 0 Å². The normalized spacial score (nSPS) is 30.5. The van der Waals surface area contributed by atoms with Crippen molar-refractivity contribution < 1.29 is 9.47 Å². The number of thioether (sulfide) groups is 1. The lowest BCUT2D eigenvalue weighted by molar-refractivity contribution is -0.0958. The highest BCUT2D eigenvalue weighted by atomic mass is 35.5. The van der Waals surface area contributed by atoms with Crippen LogP contribution in [0.25, 0.3) is 0 Å². The van der Waals surface area contributed by atoms with Crippen LogP contribution in [0.4, 0.5) is 0 Å². The fourth-order valence-electron chi connectivity index (χ4n) is 3.02. The van der Waals surface area contributed by atoms with Gasteiger partial charge in [0.05, 0.1) is 17.2 Å². The number of nitrogens with two attached hydrogens (primary N) is 1. The Labute approximate surface area is 135 Å². The highest BCUT2D eigenvalue weighted by Gasteiger charge is 2.41. The molecule has 116 valence electrons. The van der Waals surface area contributed by atoms with E-state index in [1.165, 1.54) is 5.75 Å². The van der Waals surface area contributed by atoms with Crippen LogP contribution in [0.2, 0.25) is 5.02 Å². The summed E-state index contributed by atoms with van der Waals surface area (Å²) >= 11 is 8.30. The van der Waals surface area contributed by atoms with Gasteiger partial charge in [0.25, 0.3) is 0 Å². The van der Waals surface area contributed by atoms with Gasteiger partial charge in [-0.25, -0.2) is 0 Å². The molecule has 3 atom stereocenters. The Hall–Kier alpha value is -0.420. The summed E-state index contributed by atoms with van der Waals surface area (Å²) in [6, 6.07) is 5.82. The van der Waals surface area contributed by atoms with E-state index in [9.17, 15) is 0 Å². The Morgan fingerprint density at radius 2 is 2.38 bits per heavy atom. The number of hydrogen-bond donors (Lipinski definition) is 1. The maximum atomic E-state index is 6.33. The van der Waals surface area contributed by atoms with E-state index in [0.29, 0.717) is 5.02 Å². The molecule has 2 saturated heterocycles. The lowest BCUT2D eigenvalue weighted by Crippen LogP contribution is -2.43. The van der Waals surface area contributed by atoms with Crippen molar-refractivity contribution in [1.82, 2.24) is 0 Å². The Balaban J connectivity index is 1.68. The first kappa shape index (κ1) is 15.5. The second kappa shape index (κ2) is 6.37. The van der Waals surface area contributed by atoms with Crippen LogP contribution >= 0.6 is 23.4 Å². The summed E-state index contributed by atoms with van der Waals surface area (Å²) in [4.78, 5) is 0. The van der Waals surface area contributed by atoms with Crippen molar-refractivity contribution >= 4 is 23.4 Å². The van der Waals surface area contributed by atoms with E-state index in [-0.39, 0.29) is 17.7 Å². The summed E-state index contributed by atoms with van der Waals surface area (Å²) < 4.78 is 12.2. The van der Waals surface area contributed by atoms with Gasteiger partial charge in [0, 0.05) is 24.6 Å². The third kappa shape index (κ3) is 3.50. The molecule has 2 N–H and O–H groups in total. The molecule has 3 unspecified atom stereocenters. The van der Waals surface area contributed by atoms with E-state index in [1.807, 2.05) is 36.9 Å². The molecule has 0 aliphatic carbocycles. The SMILES string of the molecule is CC(N)c1ccc(OC2CCOC3(CCSC3)C2)c(Cl)c1. The van der Waals surface area contributed by atoms with Crippen molar-refractivity contribution in [3.8, 4) is 5.75 Å². The first-order valence-corrected chi connectivity index (χ1v) is 9.05. The molecule has 2 aliphatic heterocycles. The zero-order chi connectivity index (χ0) is 14.9. The highest BCUT2D eigenvalue weighted by Crippen LogP contribution is 2.40. The molecule has 5 heteroatoms. The van der Waals surface area contributed by atoms with Crippen molar-refractivity contribution in [2.75, 3.05) is 18.1 Å². The first-order chi connectivity index (χ1) is 10.1. The minimum Gasteiger partial charge on any atom is -0.489 e. The zero-order valence-electron chi connectivity index (χ0n) is 12.3. The maximum absolute atomic E-state index is 6.33. The molecular weight excluding hydrogens is 306 g/mol. The molecule has 2 fully saturated rings. The number of ether oxygens (including phenoxy) is 2. The molecular formula is C16H22ClNO2S. The van der Waals surface area contributed by atoms with Gasteiger partial charge in [-0.15, -0.1) is 0 Å². The summed E-state index contributed by atoms with van der Waals surface area (Å²) in [6.45, 7) is 2.73. The molecule has 1 aromatic rings. The Bertz CT molecular complexity index is 503. The van der Waals surface area contributed by atoms with Crippen molar-refractivity contribution in [3.63, 3.8) is 0 Å².